The fourth-order valence-electron chi connectivity index (χ4n) is 2.90. The van der Waals surface area contributed by atoms with Gasteiger partial charge in [-0.3, -0.25) is 0 Å². The summed E-state index contributed by atoms with van der Waals surface area (Å²) in [6.45, 7) is 0.996. The smallest absolute Gasteiger partial charge is 0.0341 e. The topological polar surface area (TPSA) is 38.0 Å². The monoisotopic (exact) mass is 252 g/mol. The molecule has 0 amide bonds. The zero-order chi connectivity index (χ0) is 13.1. The lowest BCUT2D eigenvalue weighted by Crippen LogP contribution is -2.22. The van der Waals surface area contributed by atoms with Crippen LogP contribution in [0.4, 0.5) is 0 Å². The molecule has 0 bridgehead atoms. The third kappa shape index (κ3) is 2.70. The van der Waals surface area contributed by atoms with Gasteiger partial charge < -0.3 is 11.1 Å². The highest BCUT2D eigenvalue weighted by Crippen LogP contribution is 2.36. The fraction of sp³-hybridized carbons (Fsp3) is 0.294. The fourth-order valence-corrected chi connectivity index (χ4v) is 2.90. The van der Waals surface area contributed by atoms with E-state index >= 15 is 0 Å². The Balaban J connectivity index is 1.60. The summed E-state index contributed by atoms with van der Waals surface area (Å²) >= 11 is 0. The normalized spacial score (nSPS) is 21.3. The molecule has 2 atom stereocenters. The first-order valence-electron chi connectivity index (χ1n) is 6.96. The lowest BCUT2D eigenvalue weighted by Gasteiger charge is -2.14. The molecule has 2 heteroatoms. The van der Waals surface area contributed by atoms with Gasteiger partial charge in [0.15, 0.2) is 0 Å². The van der Waals surface area contributed by atoms with Crippen LogP contribution in [0.5, 0.6) is 0 Å². The number of hydrogen-bond acceptors (Lipinski definition) is 2. The minimum absolute atomic E-state index is 0.186. The van der Waals surface area contributed by atoms with E-state index in [4.69, 9.17) is 5.73 Å². The maximum atomic E-state index is 6.18. The zero-order valence-electron chi connectivity index (χ0n) is 11.0. The summed E-state index contributed by atoms with van der Waals surface area (Å²) in [6.07, 6.45) is 2.07. The molecule has 0 radical (unpaired) electrons. The highest BCUT2D eigenvalue weighted by molar-refractivity contribution is 5.37. The van der Waals surface area contributed by atoms with Gasteiger partial charge in [-0.2, -0.15) is 0 Å². The van der Waals surface area contributed by atoms with E-state index in [0.29, 0.717) is 6.04 Å². The van der Waals surface area contributed by atoms with Crippen LogP contribution in [0, 0.1) is 0 Å². The number of benzene rings is 2. The number of nitrogens with one attached hydrogen (secondary N) is 1. The Morgan fingerprint density at radius 1 is 0.947 bits per heavy atom. The van der Waals surface area contributed by atoms with E-state index in [1.807, 2.05) is 0 Å². The second kappa shape index (κ2) is 5.55. The first-order chi connectivity index (χ1) is 9.34. The van der Waals surface area contributed by atoms with Gasteiger partial charge in [0.05, 0.1) is 0 Å². The van der Waals surface area contributed by atoms with Crippen LogP contribution >= 0.6 is 0 Å². The first-order valence-corrected chi connectivity index (χ1v) is 6.96. The van der Waals surface area contributed by atoms with Crippen molar-refractivity contribution >= 4 is 0 Å². The molecule has 0 aromatic heterocycles. The largest absolute Gasteiger partial charge is 0.324 e. The standard InChI is InChI=1S/C17H20N2/c18-16-12-17(15-9-5-4-8-14(15)16)19-11-10-13-6-2-1-3-7-13/h1-9,16-17,19H,10-12,18H2. The van der Waals surface area contributed by atoms with Crippen molar-refractivity contribution in [2.24, 2.45) is 5.73 Å². The lowest BCUT2D eigenvalue weighted by atomic mass is 10.1. The van der Waals surface area contributed by atoms with Gasteiger partial charge in [-0.25, -0.2) is 0 Å². The van der Waals surface area contributed by atoms with Gasteiger partial charge >= 0.3 is 0 Å². The molecular formula is C17H20N2. The summed E-state index contributed by atoms with van der Waals surface area (Å²) in [6, 6.07) is 19.7. The van der Waals surface area contributed by atoms with Crippen LogP contribution in [0.2, 0.25) is 0 Å². The molecule has 0 saturated carbocycles. The highest BCUT2D eigenvalue weighted by Gasteiger charge is 2.27. The Morgan fingerprint density at radius 2 is 1.63 bits per heavy atom. The molecule has 19 heavy (non-hydrogen) atoms. The summed E-state index contributed by atoms with van der Waals surface area (Å²) in [5.41, 5.74) is 10.2. The summed E-state index contributed by atoms with van der Waals surface area (Å²) in [5, 5.41) is 3.64. The van der Waals surface area contributed by atoms with Crippen molar-refractivity contribution in [2.75, 3.05) is 6.54 Å². The van der Waals surface area contributed by atoms with Crippen molar-refractivity contribution in [1.29, 1.82) is 0 Å². The van der Waals surface area contributed by atoms with E-state index < -0.39 is 0 Å². The Bertz CT molecular complexity index is 536. The molecule has 0 heterocycles. The van der Waals surface area contributed by atoms with Crippen LogP contribution in [0.25, 0.3) is 0 Å². The van der Waals surface area contributed by atoms with Crippen molar-refractivity contribution in [1.82, 2.24) is 5.32 Å². The third-order valence-electron chi connectivity index (χ3n) is 3.91. The van der Waals surface area contributed by atoms with Crippen molar-refractivity contribution in [3.63, 3.8) is 0 Å². The van der Waals surface area contributed by atoms with E-state index in [1.54, 1.807) is 0 Å². The summed E-state index contributed by atoms with van der Waals surface area (Å²) < 4.78 is 0. The minimum atomic E-state index is 0.186. The second-order valence-electron chi connectivity index (χ2n) is 5.21. The SMILES string of the molecule is NC1CC(NCCc2ccccc2)c2ccccc21. The van der Waals surface area contributed by atoms with E-state index in [-0.39, 0.29) is 6.04 Å². The van der Waals surface area contributed by atoms with Crippen LogP contribution in [0.15, 0.2) is 54.6 Å². The average Bonchev–Trinajstić information content (AvgIpc) is 2.78. The van der Waals surface area contributed by atoms with Gasteiger partial charge in [-0.15, -0.1) is 0 Å². The van der Waals surface area contributed by atoms with Crippen molar-refractivity contribution in [2.45, 2.75) is 24.9 Å². The molecule has 1 aliphatic rings. The van der Waals surface area contributed by atoms with Crippen LogP contribution in [-0.4, -0.2) is 6.54 Å². The van der Waals surface area contributed by atoms with Gasteiger partial charge in [-0.1, -0.05) is 54.6 Å². The molecule has 0 saturated heterocycles. The Labute approximate surface area is 114 Å². The van der Waals surface area contributed by atoms with Crippen LogP contribution in [0.1, 0.15) is 35.2 Å². The number of fused-ring (bicyclic) bond motifs is 1. The number of nitrogens with two attached hydrogens (primary N) is 1. The molecule has 0 aliphatic heterocycles. The van der Waals surface area contributed by atoms with E-state index in [9.17, 15) is 0 Å². The molecular weight excluding hydrogens is 232 g/mol. The Kier molecular flexibility index (Phi) is 3.62. The van der Waals surface area contributed by atoms with E-state index in [2.05, 4.69) is 59.9 Å². The molecule has 0 fully saturated rings. The van der Waals surface area contributed by atoms with Crippen molar-refractivity contribution in [3.05, 3.63) is 71.3 Å². The quantitative estimate of drug-likeness (QED) is 0.878. The van der Waals surface area contributed by atoms with Crippen LogP contribution in [-0.2, 0) is 6.42 Å². The second-order valence-corrected chi connectivity index (χ2v) is 5.21. The van der Waals surface area contributed by atoms with Gasteiger partial charge in [0.25, 0.3) is 0 Å². The Morgan fingerprint density at radius 3 is 2.42 bits per heavy atom. The van der Waals surface area contributed by atoms with Crippen molar-refractivity contribution in [3.8, 4) is 0 Å². The van der Waals surface area contributed by atoms with Crippen molar-refractivity contribution < 1.29 is 0 Å². The van der Waals surface area contributed by atoms with E-state index in [1.165, 1.54) is 16.7 Å². The minimum Gasteiger partial charge on any atom is -0.324 e. The summed E-state index contributed by atoms with van der Waals surface area (Å²) in [4.78, 5) is 0. The number of rotatable bonds is 4. The van der Waals surface area contributed by atoms with Gasteiger partial charge in [0, 0.05) is 12.1 Å². The predicted molar refractivity (Wildman–Crippen MR) is 78.9 cm³/mol. The van der Waals surface area contributed by atoms with Gasteiger partial charge in [-0.05, 0) is 36.1 Å². The summed E-state index contributed by atoms with van der Waals surface area (Å²) in [7, 11) is 0. The predicted octanol–water partition coefficient (Wildman–Crippen LogP) is 2.96. The average molecular weight is 252 g/mol. The molecule has 3 rings (SSSR count). The summed E-state index contributed by atoms with van der Waals surface area (Å²) in [5.74, 6) is 0. The zero-order valence-corrected chi connectivity index (χ0v) is 11.0. The van der Waals surface area contributed by atoms with Gasteiger partial charge in [0.2, 0.25) is 0 Å². The molecule has 3 N–H and O–H groups in total. The van der Waals surface area contributed by atoms with Crippen LogP contribution in [0.3, 0.4) is 0 Å². The molecule has 2 nitrogen and oxygen atoms in total. The molecule has 2 unspecified atom stereocenters. The van der Waals surface area contributed by atoms with E-state index in [0.717, 1.165) is 19.4 Å². The molecule has 2 aromatic rings. The van der Waals surface area contributed by atoms with Gasteiger partial charge in [0.1, 0.15) is 0 Å². The maximum absolute atomic E-state index is 6.18. The molecule has 1 aliphatic carbocycles. The lowest BCUT2D eigenvalue weighted by molar-refractivity contribution is 0.502. The third-order valence-corrected chi connectivity index (χ3v) is 3.91. The number of hydrogen-bond donors (Lipinski definition) is 2. The maximum Gasteiger partial charge on any atom is 0.0341 e. The highest BCUT2D eigenvalue weighted by atomic mass is 14.9. The molecule has 0 spiro atoms. The van der Waals surface area contributed by atoms with Crippen LogP contribution < -0.4 is 11.1 Å². The first kappa shape index (κ1) is 12.4. The molecule has 98 valence electrons. The molecule has 2 aromatic carbocycles. The Hall–Kier alpha value is -1.64.